The first-order valence-corrected chi connectivity index (χ1v) is 9.44. The van der Waals surface area contributed by atoms with E-state index in [1.807, 2.05) is 24.4 Å². The lowest BCUT2D eigenvalue weighted by Gasteiger charge is -2.28. The van der Waals surface area contributed by atoms with E-state index in [9.17, 15) is 9.59 Å². The van der Waals surface area contributed by atoms with Crippen molar-refractivity contribution in [1.82, 2.24) is 14.8 Å². The zero-order valence-electron chi connectivity index (χ0n) is 15.1. The fraction of sp³-hybridized carbons (Fsp3) is 0.350. The van der Waals surface area contributed by atoms with Crippen LogP contribution in [0.3, 0.4) is 0 Å². The van der Waals surface area contributed by atoms with E-state index in [1.54, 1.807) is 6.08 Å². The molecule has 1 N–H and O–H groups in total. The molecule has 0 aliphatic carbocycles. The standard InChI is InChI=1S/C20H23N3O2S/c1-3-5-11-23-19(25)16(18(24)21-20(23)26)12-14-13-22(10-4-2)17-9-7-6-8-15(14)17/h6-9,12-13H,3-5,10-11H2,1-2H3,(H,21,24,26). The van der Waals surface area contributed by atoms with Gasteiger partial charge in [0.1, 0.15) is 5.57 Å². The van der Waals surface area contributed by atoms with Crippen molar-refractivity contribution in [2.24, 2.45) is 0 Å². The normalized spacial score (nSPS) is 16.6. The molecule has 2 amide bonds. The third-order valence-corrected chi connectivity index (χ3v) is 4.83. The average Bonchev–Trinajstić information content (AvgIpc) is 2.97. The van der Waals surface area contributed by atoms with Crippen molar-refractivity contribution < 1.29 is 9.59 Å². The van der Waals surface area contributed by atoms with Crippen LogP contribution in [0.5, 0.6) is 0 Å². The summed E-state index contributed by atoms with van der Waals surface area (Å²) < 4.78 is 2.16. The van der Waals surface area contributed by atoms with E-state index in [-0.39, 0.29) is 16.6 Å². The van der Waals surface area contributed by atoms with Crippen molar-refractivity contribution in [1.29, 1.82) is 0 Å². The second-order valence-electron chi connectivity index (χ2n) is 6.42. The summed E-state index contributed by atoms with van der Waals surface area (Å²) in [5.74, 6) is -0.750. The highest BCUT2D eigenvalue weighted by molar-refractivity contribution is 7.80. The van der Waals surface area contributed by atoms with Crippen LogP contribution < -0.4 is 5.32 Å². The van der Waals surface area contributed by atoms with Gasteiger partial charge in [0.2, 0.25) is 0 Å². The first-order valence-electron chi connectivity index (χ1n) is 9.03. The molecule has 1 aliphatic heterocycles. The van der Waals surface area contributed by atoms with Gasteiger partial charge in [-0.05, 0) is 37.2 Å². The Morgan fingerprint density at radius 1 is 1.12 bits per heavy atom. The molecule has 0 bridgehead atoms. The van der Waals surface area contributed by atoms with E-state index in [0.29, 0.717) is 6.54 Å². The van der Waals surface area contributed by atoms with Gasteiger partial charge in [-0.3, -0.25) is 19.8 Å². The van der Waals surface area contributed by atoms with Gasteiger partial charge in [-0.25, -0.2) is 0 Å². The molecule has 2 heterocycles. The lowest BCUT2D eigenvalue weighted by atomic mass is 10.1. The van der Waals surface area contributed by atoms with Crippen LogP contribution in [-0.4, -0.2) is 32.9 Å². The fourth-order valence-corrected chi connectivity index (χ4v) is 3.45. The molecule has 0 spiro atoms. The van der Waals surface area contributed by atoms with Crippen LogP contribution >= 0.6 is 12.2 Å². The van der Waals surface area contributed by atoms with Gasteiger partial charge in [-0.15, -0.1) is 0 Å². The minimum atomic E-state index is -0.430. The van der Waals surface area contributed by atoms with Crippen molar-refractivity contribution in [3.05, 3.63) is 41.6 Å². The van der Waals surface area contributed by atoms with Gasteiger partial charge >= 0.3 is 0 Å². The number of carbonyl (C=O) groups is 2. The van der Waals surface area contributed by atoms with E-state index in [1.165, 1.54) is 4.90 Å². The smallest absolute Gasteiger partial charge is 0.265 e. The second kappa shape index (κ2) is 7.83. The van der Waals surface area contributed by atoms with Gasteiger partial charge in [0.25, 0.3) is 11.8 Å². The Bertz CT molecular complexity index is 898. The summed E-state index contributed by atoms with van der Waals surface area (Å²) >= 11 is 5.17. The molecule has 5 nitrogen and oxygen atoms in total. The second-order valence-corrected chi connectivity index (χ2v) is 6.81. The molecule has 1 aliphatic rings. The van der Waals surface area contributed by atoms with Crippen molar-refractivity contribution in [2.75, 3.05) is 6.54 Å². The lowest BCUT2D eigenvalue weighted by Crippen LogP contribution is -2.54. The molecule has 0 saturated carbocycles. The molecule has 26 heavy (non-hydrogen) atoms. The van der Waals surface area contributed by atoms with E-state index < -0.39 is 5.91 Å². The largest absolute Gasteiger partial charge is 0.347 e. The number of aromatic nitrogens is 1. The highest BCUT2D eigenvalue weighted by Gasteiger charge is 2.33. The molecule has 1 fully saturated rings. The maximum atomic E-state index is 12.8. The average molecular weight is 369 g/mol. The van der Waals surface area contributed by atoms with Gasteiger partial charge < -0.3 is 4.57 Å². The van der Waals surface area contributed by atoms with E-state index >= 15 is 0 Å². The summed E-state index contributed by atoms with van der Waals surface area (Å²) in [6.45, 7) is 5.58. The van der Waals surface area contributed by atoms with Gasteiger partial charge in [-0.1, -0.05) is 38.5 Å². The molecule has 0 unspecified atom stereocenters. The summed E-state index contributed by atoms with van der Waals surface area (Å²) in [6, 6.07) is 8.03. The SMILES string of the molecule is CCCCN1C(=O)C(=Cc2cn(CCC)c3ccccc23)C(=O)NC1=S. The van der Waals surface area contributed by atoms with Crippen LogP contribution in [0.25, 0.3) is 17.0 Å². The molecular formula is C20H23N3O2S. The Kier molecular flexibility index (Phi) is 5.52. The van der Waals surface area contributed by atoms with Crippen LogP contribution in [-0.2, 0) is 16.1 Å². The molecule has 1 aromatic carbocycles. The number of unbranched alkanes of at least 4 members (excludes halogenated alkanes) is 1. The first kappa shape index (κ1) is 18.3. The van der Waals surface area contributed by atoms with Crippen LogP contribution in [0.15, 0.2) is 36.0 Å². The van der Waals surface area contributed by atoms with E-state index in [2.05, 4.69) is 29.8 Å². The summed E-state index contributed by atoms with van der Waals surface area (Å²) in [5, 5.41) is 3.86. The van der Waals surface area contributed by atoms with Crippen LogP contribution in [0.1, 0.15) is 38.7 Å². The number of aryl methyl sites for hydroxylation is 1. The van der Waals surface area contributed by atoms with Gasteiger partial charge in [0, 0.05) is 35.8 Å². The summed E-state index contributed by atoms with van der Waals surface area (Å²) in [6.07, 6.45) is 6.49. The molecule has 136 valence electrons. The zero-order chi connectivity index (χ0) is 18.7. The van der Waals surface area contributed by atoms with Gasteiger partial charge in [0.05, 0.1) is 0 Å². The molecule has 2 aromatic rings. The first-order chi connectivity index (χ1) is 12.6. The predicted octanol–water partition coefficient (Wildman–Crippen LogP) is 3.48. The van der Waals surface area contributed by atoms with Crippen molar-refractivity contribution in [3.8, 4) is 0 Å². The topological polar surface area (TPSA) is 54.3 Å². The summed E-state index contributed by atoms with van der Waals surface area (Å²) in [5.41, 5.74) is 2.10. The molecule has 3 rings (SSSR count). The number of amides is 2. The number of fused-ring (bicyclic) bond motifs is 1. The summed E-state index contributed by atoms with van der Waals surface area (Å²) in [7, 11) is 0. The number of nitrogens with zero attached hydrogens (tertiary/aromatic N) is 2. The quantitative estimate of drug-likeness (QED) is 0.482. The number of para-hydroxylation sites is 1. The Balaban J connectivity index is 2.03. The number of benzene rings is 1. The highest BCUT2D eigenvalue weighted by Crippen LogP contribution is 2.25. The Morgan fingerprint density at radius 2 is 1.88 bits per heavy atom. The minimum Gasteiger partial charge on any atom is -0.347 e. The number of thiocarbonyl (C=S) groups is 1. The molecule has 1 aromatic heterocycles. The molecule has 0 radical (unpaired) electrons. The van der Waals surface area contributed by atoms with Crippen LogP contribution in [0.4, 0.5) is 0 Å². The third-order valence-electron chi connectivity index (χ3n) is 4.50. The number of rotatable bonds is 6. The van der Waals surface area contributed by atoms with Crippen LogP contribution in [0.2, 0.25) is 0 Å². The Labute approximate surface area is 158 Å². The summed E-state index contributed by atoms with van der Waals surface area (Å²) in [4.78, 5) is 26.7. The maximum Gasteiger partial charge on any atom is 0.265 e. The number of hydrogen-bond acceptors (Lipinski definition) is 3. The lowest BCUT2D eigenvalue weighted by molar-refractivity contribution is -0.128. The zero-order valence-corrected chi connectivity index (χ0v) is 15.9. The number of hydrogen-bond donors (Lipinski definition) is 1. The number of carbonyl (C=O) groups excluding carboxylic acids is 2. The Hall–Kier alpha value is -2.47. The van der Waals surface area contributed by atoms with Crippen molar-refractivity contribution in [2.45, 2.75) is 39.7 Å². The molecule has 1 saturated heterocycles. The van der Waals surface area contributed by atoms with Gasteiger partial charge in [-0.2, -0.15) is 0 Å². The number of nitrogens with one attached hydrogen (secondary N) is 1. The minimum absolute atomic E-state index is 0.133. The molecular weight excluding hydrogens is 346 g/mol. The maximum absolute atomic E-state index is 12.8. The monoisotopic (exact) mass is 369 g/mol. The van der Waals surface area contributed by atoms with E-state index in [4.69, 9.17) is 12.2 Å². The van der Waals surface area contributed by atoms with E-state index in [0.717, 1.165) is 42.3 Å². The van der Waals surface area contributed by atoms with Crippen molar-refractivity contribution >= 4 is 46.1 Å². The van der Waals surface area contributed by atoms with Gasteiger partial charge in [0.15, 0.2) is 5.11 Å². The van der Waals surface area contributed by atoms with Crippen LogP contribution in [0, 0.1) is 0 Å². The molecule has 6 heteroatoms. The molecule has 0 atom stereocenters. The third kappa shape index (κ3) is 3.42. The Morgan fingerprint density at radius 3 is 2.62 bits per heavy atom. The highest BCUT2D eigenvalue weighted by atomic mass is 32.1. The fourth-order valence-electron chi connectivity index (χ4n) is 3.18. The van der Waals surface area contributed by atoms with Crippen molar-refractivity contribution in [3.63, 3.8) is 0 Å². The predicted molar refractivity (Wildman–Crippen MR) is 108 cm³/mol.